The number of anilines is 1. The SMILES string of the molecule is CC1(C)OCc2cc([C@@H]3CN(CCCCCCOCCCCc4cccc(NC(N)=O)c4)C(=O)O3)ccc2O1. The van der Waals surface area contributed by atoms with Crippen molar-refractivity contribution >= 4 is 17.8 Å². The molecule has 1 fully saturated rings. The largest absolute Gasteiger partial charge is 0.463 e. The molecule has 0 radical (unpaired) electrons. The summed E-state index contributed by atoms with van der Waals surface area (Å²) in [5.74, 6) is 0.195. The molecule has 2 aliphatic rings. The Morgan fingerprint density at radius 3 is 2.69 bits per heavy atom. The molecule has 212 valence electrons. The number of nitrogens with zero attached hydrogens (tertiary/aromatic N) is 1. The number of primary amides is 1. The highest BCUT2D eigenvalue weighted by atomic mass is 16.7. The molecule has 9 heteroatoms. The van der Waals surface area contributed by atoms with Crippen LogP contribution in [0, 0.1) is 0 Å². The van der Waals surface area contributed by atoms with Gasteiger partial charge in [-0.2, -0.15) is 0 Å². The molecule has 2 aromatic rings. The number of hydrogen-bond acceptors (Lipinski definition) is 6. The Balaban J connectivity index is 1.03. The Hall–Kier alpha value is -3.30. The second-order valence-electron chi connectivity index (χ2n) is 10.6. The third-order valence-electron chi connectivity index (χ3n) is 6.94. The lowest BCUT2D eigenvalue weighted by Crippen LogP contribution is -2.35. The zero-order valence-electron chi connectivity index (χ0n) is 23.1. The highest BCUT2D eigenvalue weighted by Gasteiger charge is 2.33. The van der Waals surface area contributed by atoms with E-state index in [4.69, 9.17) is 24.7 Å². The highest BCUT2D eigenvalue weighted by molar-refractivity contribution is 5.87. The van der Waals surface area contributed by atoms with Crippen molar-refractivity contribution in [2.45, 2.75) is 77.3 Å². The molecule has 39 heavy (non-hydrogen) atoms. The summed E-state index contributed by atoms with van der Waals surface area (Å²) >= 11 is 0. The van der Waals surface area contributed by atoms with Gasteiger partial charge in [-0.05, 0) is 67.5 Å². The number of ether oxygens (including phenoxy) is 4. The van der Waals surface area contributed by atoms with Gasteiger partial charge in [0.05, 0.1) is 13.2 Å². The summed E-state index contributed by atoms with van der Waals surface area (Å²) in [6, 6.07) is 13.1. The van der Waals surface area contributed by atoms with Gasteiger partial charge in [-0.3, -0.25) is 0 Å². The predicted molar refractivity (Wildman–Crippen MR) is 149 cm³/mol. The minimum absolute atomic E-state index is 0.245. The maximum atomic E-state index is 12.4. The first-order valence-electron chi connectivity index (χ1n) is 13.9. The van der Waals surface area contributed by atoms with Crippen LogP contribution in [0.15, 0.2) is 42.5 Å². The third kappa shape index (κ3) is 8.86. The van der Waals surface area contributed by atoms with Crippen molar-refractivity contribution in [3.8, 4) is 5.75 Å². The summed E-state index contributed by atoms with van der Waals surface area (Å²) < 4.78 is 23.0. The Morgan fingerprint density at radius 2 is 1.87 bits per heavy atom. The van der Waals surface area contributed by atoms with Crippen molar-refractivity contribution in [1.82, 2.24) is 4.90 Å². The van der Waals surface area contributed by atoms with Gasteiger partial charge in [-0.25, -0.2) is 9.59 Å². The number of hydrogen-bond donors (Lipinski definition) is 2. The number of carbonyl (C=O) groups excluding carboxylic acids is 2. The Labute approximate surface area is 230 Å². The van der Waals surface area contributed by atoms with Gasteiger partial charge in [0.1, 0.15) is 11.9 Å². The van der Waals surface area contributed by atoms with E-state index in [2.05, 4.69) is 11.4 Å². The molecule has 0 spiro atoms. The van der Waals surface area contributed by atoms with Gasteiger partial charge < -0.3 is 34.9 Å². The molecule has 4 rings (SSSR count). The van der Waals surface area contributed by atoms with E-state index in [9.17, 15) is 9.59 Å². The monoisotopic (exact) mass is 539 g/mol. The van der Waals surface area contributed by atoms with E-state index in [-0.39, 0.29) is 12.2 Å². The van der Waals surface area contributed by atoms with E-state index in [0.29, 0.717) is 19.7 Å². The average Bonchev–Trinajstić information content (AvgIpc) is 3.26. The second kappa shape index (κ2) is 13.7. The Bertz CT molecular complexity index is 1120. The van der Waals surface area contributed by atoms with E-state index in [1.165, 1.54) is 5.56 Å². The van der Waals surface area contributed by atoms with Crippen LogP contribution in [0.3, 0.4) is 0 Å². The van der Waals surface area contributed by atoms with E-state index in [1.807, 2.05) is 50.2 Å². The van der Waals surface area contributed by atoms with Crippen molar-refractivity contribution in [3.63, 3.8) is 0 Å². The van der Waals surface area contributed by atoms with Gasteiger partial charge in [-0.15, -0.1) is 0 Å². The normalized spacial score (nSPS) is 17.8. The number of nitrogens with two attached hydrogens (primary N) is 1. The van der Waals surface area contributed by atoms with Crippen LogP contribution in [-0.2, 0) is 27.2 Å². The number of amides is 3. The lowest BCUT2D eigenvalue weighted by molar-refractivity contribution is -0.180. The van der Waals surface area contributed by atoms with Crippen molar-refractivity contribution < 1.29 is 28.5 Å². The minimum Gasteiger partial charge on any atom is -0.463 e. The van der Waals surface area contributed by atoms with Crippen LogP contribution in [0.25, 0.3) is 0 Å². The van der Waals surface area contributed by atoms with Crippen LogP contribution in [0.2, 0.25) is 0 Å². The number of cyclic esters (lactones) is 1. The average molecular weight is 540 g/mol. The molecule has 0 unspecified atom stereocenters. The lowest BCUT2D eigenvalue weighted by atomic mass is 10.0. The van der Waals surface area contributed by atoms with Gasteiger partial charge in [0.2, 0.25) is 5.79 Å². The highest BCUT2D eigenvalue weighted by Crippen LogP contribution is 2.35. The van der Waals surface area contributed by atoms with Gasteiger partial charge in [-0.1, -0.05) is 31.0 Å². The molecule has 0 bridgehead atoms. The number of urea groups is 1. The summed E-state index contributed by atoms with van der Waals surface area (Å²) in [5, 5.41) is 2.60. The summed E-state index contributed by atoms with van der Waals surface area (Å²) in [7, 11) is 0. The smallest absolute Gasteiger partial charge is 0.410 e. The fourth-order valence-electron chi connectivity index (χ4n) is 4.86. The number of unbranched alkanes of at least 4 members (excludes halogenated alkanes) is 4. The second-order valence-corrected chi connectivity index (χ2v) is 10.6. The topological polar surface area (TPSA) is 112 Å². The molecule has 3 N–H and O–H groups in total. The van der Waals surface area contributed by atoms with E-state index in [1.54, 1.807) is 4.90 Å². The van der Waals surface area contributed by atoms with Crippen molar-refractivity contribution in [1.29, 1.82) is 0 Å². The number of benzene rings is 2. The molecular weight excluding hydrogens is 498 g/mol. The fourth-order valence-corrected chi connectivity index (χ4v) is 4.86. The summed E-state index contributed by atoms with van der Waals surface area (Å²) in [4.78, 5) is 25.2. The zero-order chi connectivity index (χ0) is 27.7. The van der Waals surface area contributed by atoms with Crippen LogP contribution in [-0.4, -0.2) is 49.1 Å². The number of fused-ring (bicyclic) bond motifs is 1. The standard InChI is InChI=1S/C30H41N3O6/c1-30(2)37-21-24-19-23(13-14-26(24)39-30)27-20-33(29(35)38-27)15-6-3-4-7-16-36-17-8-5-10-22-11-9-12-25(18-22)32-28(31)34/h9,11-14,18-19,27H,3-8,10,15-17,20-21H2,1-2H3,(H3,31,32,34)/t27-/m0/s1. The number of aryl methyl sites for hydroxylation is 1. The van der Waals surface area contributed by atoms with E-state index in [0.717, 1.165) is 80.7 Å². The molecule has 9 nitrogen and oxygen atoms in total. The molecule has 3 amide bonds. The van der Waals surface area contributed by atoms with Crippen LogP contribution >= 0.6 is 0 Å². The van der Waals surface area contributed by atoms with Crippen LogP contribution < -0.4 is 15.8 Å². The zero-order valence-corrected chi connectivity index (χ0v) is 23.1. The van der Waals surface area contributed by atoms with Gasteiger partial charge in [0.15, 0.2) is 0 Å². The first-order chi connectivity index (χ1) is 18.8. The molecule has 2 aromatic carbocycles. The Morgan fingerprint density at radius 1 is 1.08 bits per heavy atom. The summed E-state index contributed by atoms with van der Waals surface area (Å²) in [6.07, 6.45) is 6.55. The molecule has 2 heterocycles. The maximum Gasteiger partial charge on any atom is 0.410 e. The quantitative estimate of drug-likeness (QED) is 0.288. The van der Waals surface area contributed by atoms with Crippen molar-refractivity contribution in [2.24, 2.45) is 5.73 Å². The van der Waals surface area contributed by atoms with Crippen LogP contribution in [0.4, 0.5) is 15.3 Å². The maximum absolute atomic E-state index is 12.4. The first kappa shape index (κ1) is 28.7. The molecule has 1 saturated heterocycles. The minimum atomic E-state index is -0.626. The number of rotatable bonds is 14. The predicted octanol–water partition coefficient (Wildman–Crippen LogP) is 5.92. The number of carbonyl (C=O) groups is 2. The lowest BCUT2D eigenvalue weighted by Gasteiger charge is -2.32. The first-order valence-corrected chi connectivity index (χ1v) is 13.9. The van der Waals surface area contributed by atoms with Crippen molar-refractivity contribution in [3.05, 3.63) is 59.2 Å². The van der Waals surface area contributed by atoms with E-state index >= 15 is 0 Å². The summed E-state index contributed by atoms with van der Waals surface area (Å²) in [6.45, 7) is 7.06. The van der Waals surface area contributed by atoms with Crippen molar-refractivity contribution in [2.75, 3.05) is 31.6 Å². The number of nitrogens with one attached hydrogen (secondary N) is 1. The Kier molecular flexibility index (Phi) is 10.1. The molecule has 0 saturated carbocycles. The van der Waals surface area contributed by atoms with Gasteiger partial charge in [0, 0.05) is 44.9 Å². The molecule has 0 aromatic heterocycles. The summed E-state index contributed by atoms with van der Waals surface area (Å²) in [5.41, 5.74) is 9.02. The van der Waals surface area contributed by atoms with Gasteiger partial charge >= 0.3 is 12.1 Å². The van der Waals surface area contributed by atoms with Crippen LogP contribution in [0.1, 0.15) is 75.2 Å². The third-order valence-corrected chi connectivity index (χ3v) is 6.94. The molecular formula is C30H41N3O6. The molecule has 2 aliphatic heterocycles. The fraction of sp³-hybridized carbons (Fsp3) is 0.533. The van der Waals surface area contributed by atoms with E-state index < -0.39 is 11.8 Å². The van der Waals surface area contributed by atoms with Gasteiger partial charge in [0.25, 0.3) is 0 Å². The molecule has 0 aliphatic carbocycles. The van der Waals surface area contributed by atoms with Crippen LogP contribution in [0.5, 0.6) is 5.75 Å². The molecule has 1 atom stereocenters.